The highest BCUT2D eigenvalue weighted by atomic mass is 16.5. The van der Waals surface area contributed by atoms with E-state index in [0.29, 0.717) is 31.5 Å². The number of hydrogen-bond donors (Lipinski definition) is 0. The van der Waals surface area contributed by atoms with Gasteiger partial charge in [0.2, 0.25) is 5.91 Å². The summed E-state index contributed by atoms with van der Waals surface area (Å²) in [5.74, 6) is 0.0659. The van der Waals surface area contributed by atoms with Crippen molar-refractivity contribution >= 4 is 11.8 Å². The van der Waals surface area contributed by atoms with Gasteiger partial charge in [0, 0.05) is 25.1 Å². The van der Waals surface area contributed by atoms with Gasteiger partial charge in [-0.2, -0.15) is 0 Å². The van der Waals surface area contributed by atoms with Crippen molar-refractivity contribution in [1.29, 1.82) is 0 Å². The van der Waals surface area contributed by atoms with Crippen molar-refractivity contribution in [3.8, 4) is 0 Å². The van der Waals surface area contributed by atoms with Gasteiger partial charge in [0.1, 0.15) is 6.10 Å². The van der Waals surface area contributed by atoms with Crippen LogP contribution in [0.5, 0.6) is 0 Å². The second-order valence-electron chi connectivity index (χ2n) is 8.77. The molecule has 3 fully saturated rings. The molecular weight excluding hydrogens is 378 g/mol. The molecule has 30 heavy (non-hydrogen) atoms. The van der Waals surface area contributed by atoms with Crippen molar-refractivity contribution in [3.63, 3.8) is 0 Å². The Hall–Kier alpha value is -2.70. The van der Waals surface area contributed by atoms with E-state index in [1.165, 1.54) is 0 Å². The number of ether oxygens (including phenoxy) is 1. The summed E-state index contributed by atoms with van der Waals surface area (Å²) in [4.78, 5) is 32.0. The predicted octanol–water partition coefficient (Wildman–Crippen LogP) is 2.66. The summed E-state index contributed by atoms with van der Waals surface area (Å²) >= 11 is 0. The number of nitrogens with zero attached hydrogens (tertiary/aromatic N) is 3. The lowest BCUT2D eigenvalue weighted by atomic mass is 10.0. The molecule has 3 aliphatic rings. The average Bonchev–Trinajstić information content (AvgIpc) is 3.36. The van der Waals surface area contributed by atoms with Gasteiger partial charge in [-0.05, 0) is 37.4 Å². The molecule has 0 unspecified atom stereocenters. The largest absolute Gasteiger partial charge is 0.343 e. The van der Waals surface area contributed by atoms with E-state index in [1.54, 1.807) is 0 Å². The Morgan fingerprint density at radius 2 is 1.97 bits per heavy atom. The summed E-state index contributed by atoms with van der Waals surface area (Å²) in [6, 6.07) is 17.6. The standard InChI is InChI=1S/C24H27N3O3/c1-25(2)15-17-7-6-10-19(13-17)23(29)26-12-11-24-21(26)14-22(28)27(24)16-20(30-24)18-8-4-3-5-9-18/h3-10,13,20-21H,11-12,14-16H2,1-2H3/t20-,21-,24+/m1/s1. The highest BCUT2D eigenvalue weighted by molar-refractivity contribution is 5.96. The molecule has 0 N–H and O–H groups in total. The van der Waals surface area contributed by atoms with Crippen LogP contribution in [0, 0.1) is 0 Å². The molecule has 2 amide bonds. The van der Waals surface area contributed by atoms with Gasteiger partial charge in [0.25, 0.3) is 5.91 Å². The monoisotopic (exact) mass is 405 g/mol. The van der Waals surface area contributed by atoms with Gasteiger partial charge >= 0.3 is 0 Å². The highest BCUT2D eigenvalue weighted by Crippen LogP contribution is 2.50. The molecule has 1 spiro atoms. The summed E-state index contributed by atoms with van der Waals surface area (Å²) in [7, 11) is 4.02. The molecule has 156 valence electrons. The van der Waals surface area contributed by atoms with Crippen molar-refractivity contribution in [1.82, 2.24) is 14.7 Å². The fourth-order valence-corrected chi connectivity index (χ4v) is 5.24. The van der Waals surface area contributed by atoms with Crippen molar-refractivity contribution in [2.45, 2.75) is 37.3 Å². The van der Waals surface area contributed by atoms with Crippen LogP contribution in [0.3, 0.4) is 0 Å². The molecule has 0 radical (unpaired) electrons. The van der Waals surface area contributed by atoms with Crippen LogP contribution >= 0.6 is 0 Å². The summed E-state index contributed by atoms with van der Waals surface area (Å²) in [5.41, 5.74) is 2.17. The fraction of sp³-hybridized carbons (Fsp3) is 0.417. The number of likely N-dealkylation sites (tertiary alicyclic amines) is 1. The highest BCUT2D eigenvalue weighted by Gasteiger charge is 2.65. The smallest absolute Gasteiger partial charge is 0.254 e. The van der Waals surface area contributed by atoms with Crippen LogP contribution in [0.4, 0.5) is 0 Å². The number of rotatable bonds is 4. The molecule has 3 atom stereocenters. The van der Waals surface area contributed by atoms with Crippen LogP contribution in [-0.4, -0.2) is 65.5 Å². The first-order valence-electron chi connectivity index (χ1n) is 10.6. The summed E-state index contributed by atoms with van der Waals surface area (Å²) in [6.07, 6.45) is 0.858. The maximum atomic E-state index is 13.4. The first-order chi connectivity index (χ1) is 14.5. The Morgan fingerprint density at radius 1 is 1.17 bits per heavy atom. The lowest BCUT2D eigenvalue weighted by Crippen LogP contribution is -2.48. The van der Waals surface area contributed by atoms with E-state index in [1.807, 2.05) is 78.5 Å². The number of carbonyl (C=O) groups is 2. The molecule has 0 bridgehead atoms. The van der Waals surface area contributed by atoms with E-state index in [4.69, 9.17) is 4.74 Å². The van der Waals surface area contributed by atoms with Gasteiger partial charge in [0.05, 0.1) is 19.0 Å². The maximum Gasteiger partial charge on any atom is 0.254 e. The third-order valence-corrected chi connectivity index (χ3v) is 6.53. The molecule has 6 heteroatoms. The van der Waals surface area contributed by atoms with E-state index in [0.717, 1.165) is 17.7 Å². The number of hydrogen-bond acceptors (Lipinski definition) is 4. The third-order valence-electron chi connectivity index (χ3n) is 6.53. The van der Waals surface area contributed by atoms with E-state index in [-0.39, 0.29) is 24.0 Å². The molecule has 2 aromatic rings. The zero-order valence-electron chi connectivity index (χ0n) is 17.5. The normalized spacial score (nSPS) is 27.6. The minimum Gasteiger partial charge on any atom is -0.343 e. The summed E-state index contributed by atoms with van der Waals surface area (Å²) < 4.78 is 6.55. The van der Waals surface area contributed by atoms with Crippen LogP contribution in [0.25, 0.3) is 0 Å². The lowest BCUT2D eigenvalue weighted by Gasteiger charge is -2.32. The molecule has 0 aliphatic carbocycles. The molecule has 0 saturated carbocycles. The zero-order valence-corrected chi connectivity index (χ0v) is 17.5. The molecule has 3 heterocycles. The minimum absolute atomic E-state index is 0.0149. The summed E-state index contributed by atoms with van der Waals surface area (Å²) in [6.45, 7) is 1.94. The molecule has 0 aromatic heterocycles. The van der Waals surface area contributed by atoms with Gasteiger partial charge in [0.15, 0.2) is 5.72 Å². The van der Waals surface area contributed by atoms with Crippen LogP contribution in [0.2, 0.25) is 0 Å². The van der Waals surface area contributed by atoms with Crippen molar-refractivity contribution in [2.75, 3.05) is 27.2 Å². The van der Waals surface area contributed by atoms with Gasteiger partial charge in [-0.1, -0.05) is 42.5 Å². The van der Waals surface area contributed by atoms with Crippen LogP contribution < -0.4 is 0 Å². The minimum atomic E-state index is -0.686. The van der Waals surface area contributed by atoms with Gasteiger partial charge < -0.3 is 19.4 Å². The quantitative estimate of drug-likeness (QED) is 0.785. The van der Waals surface area contributed by atoms with E-state index in [2.05, 4.69) is 4.90 Å². The second-order valence-corrected chi connectivity index (χ2v) is 8.77. The zero-order chi connectivity index (χ0) is 20.9. The molecule has 5 rings (SSSR count). The Morgan fingerprint density at radius 3 is 2.73 bits per heavy atom. The van der Waals surface area contributed by atoms with E-state index in [9.17, 15) is 9.59 Å². The number of amides is 2. The fourth-order valence-electron chi connectivity index (χ4n) is 5.24. The first-order valence-corrected chi connectivity index (χ1v) is 10.6. The Balaban J connectivity index is 1.40. The maximum absolute atomic E-state index is 13.4. The topological polar surface area (TPSA) is 53.1 Å². The molecule has 6 nitrogen and oxygen atoms in total. The van der Waals surface area contributed by atoms with Crippen molar-refractivity contribution < 1.29 is 14.3 Å². The van der Waals surface area contributed by atoms with Crippen LogP contribution in [0.1, 0.15) is 40.4 Å². The Kier molecular flexibility index (Phi) is 4.64. The number of benzene rings is 2. The first kappa shape index (κ1) is 19.3. The van der Waals surface area contributed by atoms with Gasteiger partial charge in [-0.3, -0.25) is 9.59 Å². The van der Waals surface area contributed by atoms with Gasteiger partial charge in [-0.25, -0.2) is 0 Å². The SMILES string of the molecule is CN(C)Cc1cccc(C(=O)N2CC[C@@]34O[C@@H](c5ccccc5)CN3C(=O)C[C@@H]24)c1. The molecular formula is C24H27N3O3. The van der Waals surface area contributed by atoms with Gasteiger partial charge in [-0.15, -0.1) is 0 Å². The Bertz CT molecular complexity index is 977. The molecule has 3 saturated heterocycles. The molecule has 2 aromatic carbocycles. The van der Waals surface area contributed by atoms with E-state index >= 15 is 0 Å². The third kappa shape index (κ3) is 3.02. The second kappa shape index (κ2) is 7.22. The number of carbonyl (C=O) groups excluding carboxylic acids is 2. The van der Waals surface area contributed by atoms with Crippen molar-refractivity contribution in [2.24, 2.45) is 0 Å². The van der Waals surface area contributed by atoms with Crippen molar-refractivity contribution in [3.05, 3.63) is 71.3 Å². The van der Waals surface area contributed by atoms with Crippen LogP contribution in [-0.2, 0) is 16.1 Å². The average molecular weight is 405 g/mol. The predicted molar refractivity (Wildman–Crippen MR) is 113 cm³/mol. The summed E-state index contributed by atoms with van der Waals surface area (Å²) in [5, 5.41) is 0. The Labute approximate surface area is 177 Å². The lowest BCUT2D eigenvalue weighted by molar-refractivity contribution is -0.138. The molecule has 3 aliphatic heterocycles. The van der Waals surface area contributed by atoms with Crippen LogP contribution in [0.15, 0.2) is 54.6 Å². The van der Waals surface area contributed by atoms with E-state index < -0.39 is 5.72 Å².